The van der Waals surface area contributed by atoms with E-state index in [-0.39, 0.29) is 29.8 Å². The number of ether oxygens (including phenoxy) is 1. The number of nitrogens with zero attached hydrogens (tertiary/aromatic N) is 1. The van der Waals surface area contributed by atoms with E-state index in [4.69, 9.17) is 16.2 Å². The first kappa shape index (κ1) is 26.8. The molecule has 37 heavy (non-hydrogen) atoms. The van der Waals surface area contributed by atoms with Crippen LogP contribution in [0.4, 0.5) is 0 Å². The van der Waals surface area contributed by atoms with Crippen LogP contribution < -0.4 is 21.9 Å². The molecule has 0 fully saturated rings. The molecule has 2 aromatic rings. The first-order valence-electron chi connectivity index (χ1n) is 13.1. The fourth-order valence-corrected chi connectivity index (χ4v) is 4.71. The minimum absolute atomic E-state index is 0.0259. The average Bonchev–Trinajstić information content (AvgIpc) is 3.30. The molecule has 0 saturated carbocycles. The van der Waals surface area contributed by atoms with Crippen LogP contribution in [0.3, 0.4) is 0 Å². The third-order valence-electron chi connectivity index (χ3n) is 6.95. The Morgan fingerprint density at radius 1 is 0.919 bits per heavy atom. The number of carbonyl (C=O) groups excluding carboxylic acids is 2. The Hall–Kier alpha value is -3.22. The summed E-state index contributed by atoms with van der Waals surface area (Å²) in [4.78, 5) is 27.3. The predicted molar refractivity (Wildman–Crippen MR) is 151 cm³/mol. The molecule has 196 valence electrons. The van der Waals surface area contributed by atoms with Gasteiger partial charge in [0.05, 0.1) is 6.42 Å². The lowest BCUT2D eigenvalue weighted by atomic mass is 9.94. The zero-order chi connectivity index (χ0) is 26.8. The summed E-state index contributed by atoms with van der Waals surface area (Å²) in [5.74, 6) is 0.0462. The molecule has 0 atom stereocenters. The molecule has 0 aromatic heterocycles. The van der Waals surface area contributed by atoms with Gasteiger partial charge in [0.2, 0.25) is 5.91 Å². The number of rotatable bonds is 10. The molecular formula is C31H39N3O3. The van der Waals surface area contributed by atoms with Gasteiger partial charge in [-0.15, -0.1) is 0 Å². The molecule has 0 heterocycles. The molecule has 2 aromatic carbocycles. The van der Waals surface area contributed by atoms with Gasteiger partial charge in [-0.2, -0.15) is 0 Å². The number of hydrogen-bond acceptors (Lipinski definition) is 5. The second kappa shape index (κ2) is 10.6. The number of fused-ring (bicyclic) bond motifs is 5. The van der Waals surface area contributed by atoms with Crippen molar-refractivity contribution in [1.82, 2.24) is 4.90 Å². The molecule has 0 radical (unpaired) electrons. The van der Waals surface area contributed by atoms with Crippen LogP contribution >= 0.6 is 0 Å². The van der Waals surface area contributed by atoms with Gasteiger partial charge in [-0.3, -0.25) is 9.59 Å². The van der Waals surface area contributed by atoms with Crippen molar-refractivity contribution in [2.75, 3.05) is 13.1 Å². The number of hydrogen-bond donors (Lipinski definition) is 2. The van der Waals surface area contributed by atoms with Gasteiger partial charge in [0, 0.05) is 30.6 Å². The molecule has 1 amide bonds. The van der Waals surface area contributed by atoms with Crippen LogP contribution in [0.15, 0.2) is 42.2 Å². The number of nitrogens with two attached hydrogens (primary N) is 2. The van der Waals surface area contributed by atoms with Crippen molar-refractivity contribution < 1.29 is 14.3 Å². The lowest BCUT2D eigenvalue weighted by Gasteiger charge is -2.29. The molecule has 0 bridgehead atoms. The summed E-state index contributed by atoms with van der Waals surface area (Å²) in [6.45, 7) is 8.84. The Labute approximate surface area is 219 Å². The maximum atomic E-state index is 12.9. The van der Waals surface area contributed by atoms with Crippen molar-refractivity contribution in [2.24, 2.45) is 11.5 Å². The Morgan fingerprint density at radius 3 is 2.24 bits per heavy atom. The SMILES string of the molecule is CC(C)(N)CCN(CCC(C)(C)N)C(=O)CCC(=O)OC1=CCc2c(ccc3c4c(ccc23)=CC=C4)=C1. The molecule has 0 aliphatic heterocycles. The van der Waals surface area contributed by atoms with E-state index in [9.17, 15) is 9.59 Å². The van der Waals surface area contributed by atoms with Crippen LogP contribution in [-0.4, -0.2) is 40.9 Å². The Kier molecular flexibility index (Phi) is 7.72. The second-order valence-corrected chi connectivity index (χ2v) is 11.6. The zero-order valence-electron chi connectivity index (χ0n) is 22.5. The maximum absolute atomic E-state index is 12.9. The third-order valence-corrected chi connectivity index (χ3v) is 6.95. The van der Waals surface area contributed by atoms with Crippen LogP contribution in [0, 0.1) is 0 Å². The van der Waals surface area contributed by atoms with Crippen molar-refractivity contribution in [1.29, 1.82) is 0 Å². The van der Waals surface area contributed by atoms with Crippen LogP contribution in [0.2, 0.25) is 0 Å². The molecule has 0 unspecified atom stereocenters. The maximum Gasteiger partial charge on any atom is 0.311 e. The molecular weight excluding hydrogens is 462 g/mol. The predicted octanol–water partition coefficient (Wildman–Crippen LogP) is 3.27. The summed E-state index contributed by atoms with van der Waals surface area (Å²) in [5.41, 5.74) is 14.0. The summed E-state index contributed by atoms with van der Waals surface area (Å²) in [6, 6.07) is 8.55. The van der Waals surface area contributed by atoms with Crippen molar-refractivity contribution >= 4 is 40.9 Å². The Morgan fingerprint density at radius 2 is 1.57 bits per heavy atom. The number of carbonyl (C=O) groups is 2. The number of allylic oxidation sites excluding steroid dienone is 3. The van der Waals surface area contributed by atoms with E-state index in [1.54, 1.807) is 4.90 Å². The largest absolute Gasteiger partial charge is 0.427 e. The highest BCUT2D eigenvalue weighted by atomic mass is 16.5. The second-order valence-electron chi connectivity index (χ2n) is 11.6. The fourth-order valence-electron chi connectivity index (χ4n) is 4.71. The summed E-state index contributed by atoms with van der Waals surface area (Å²) in [7, 11) is 0. The minimum Gasteiger partial charge on any atom is -0.427 e. The Bertz CT molecular complexity index is 1370. The summed E-state index contributed by atoms with van der Waals surface area (Å²) >= 11 is 0. The molecule has 0 spiro atoms. The summed E-state index contributed by atoms with van der Waals surface area (Å²) in [5, 5.41) is 4.76. The monoisotopic (exact) mass is 501 g/mol. The van der Waals surface area contributed by atoms with Crippen LogP contribution in [0.25, 0.3) is 29.0 Å². The van der Waals surface area contributed by atoms with E-state index < -0.39 is 5.97 Å². The van der Waals surface area contributed by atoms with Crippen molar-refractivity contribution in [2.45, 2.75) is 70.9 Å². The highest BCUT2D eigenvalue weighted by molar-refractivity contribution is 5.96. The highest BCUT2D eigenvalue weighted by Gasteiger charge is 2.22. The van der Waals surface area contributed by atoms with Gasteiger partial charge in [0.1, 0.15) is 5.76 Å². The van der Waals surface area contributed by atoms with Gasteiger partial charge in [0.15, 0.2) is 0 Å². The quantitative estimate of drug-likeness (QED) is 0.487. The van der Waals surface area contributed by atoms with Gasteiger partial charge in [-0.1, -0.05) is 42.5 Å². The first-order valence-corrected chi connectivity index (χ1v) is 13.1. The standard InChI is InChI=1S/C31H39N3O3/c1-30(2,32)16-18-34(19-17-31(3,4)33)28(35)14-15-29(36)37-23-10-13-25-22(20-23)9-12-26-24-7-5-6-21(24)8-11-27(25)26/h5-12,20H,13-19,32-33H2,1-4H3. The normalized spacial score (nSPS) is 14.4. The molecule has 6 nitrogen and oxygen atoms in total. The van der Waals surface area contributed by atoms with Crippen molar-refractivity contribution in [3.8, 4) is 0 Å². The Balaban J connectivity index is 1.38. The first-order chi connectivity index (χ1) is 17.4. The topological polar surface area (TPSA) is 98.6 Å². The van der Waals surface area contributed by atoms with Gasteiger partial charge in [-0.05, 0) is 91.4 Å². The highest BCUT2D eigenvalue weighted by Crippen LogP contribution is 2.23. The number of esters is 1. The van der Waals surface area contributed by atoms with Gasteiger partial charge in [-0.25, -0.2) is 0 Å². The third kappa shape index (κ3) is 6.96. The molecule has 4 N–H and O–H groups in total. The van der Waals surface area contributed by atoms with Gasteiger partial charge >= 0.3 is 5.97 Å². The van der Waals surface area contributed by atoms with Gasteiger partial charge in [0.25, 0.3) is 0 Å². The van der Waals surface area contributed by atoms with E-state index in [2.05, 4.69) is 42.5 Å². The fraction of sp³-hybridized carbons (Fsp3) is 0.419. The van der Waals surface area contributed by atoms with E-state index >= 15 is 0 Å². The lowest BCUT2D eigenvalue weighted by Crippen LogP contribution is -2.43. The van der Waals surface area contributed by atoms with Crippen LogP contribution in [0.5, 0.6) is 0 Å². The van der Waals surface area contributed by atoms with E-state index in [1.807, 2.05) is 39.8 Å². The van der Waals surface area contributed by atoms with Crippen molar-refractivity contribution in [3.63, 3.8) is 0 Å². The van der Waals surface area contributed by atoms with E-state index in [0.29, 0.717) is 38.1 Å². The molecule has 0 saturated heterocycles. The molecule has 6 heteroatoms. The molecule has 4 rings (SSSR count). The summed E-state index contributed by atoms with van der Waals surface area (Å²) < 4.78 is 5.63. The smallest absolute Gasteiger partial charge is 0.311 e. The van der Waals surface area contributed by atoms with Crippen LogP contribution in [0.1, 0.15) is 64.5 Å². The van der Waals surface area contributed by atoms with E-state index in [1.165, 1.54) is 27.1 Å². The van der Waals surface area contributed by atoms with Gasteiger partial charge < -0.3 is 21.1 Å². The number of benzene rings is 2. The van der Waals surface area contributed by atoms with E-state index in [0.717, 1.165) is 5.22 Å². The molecule has 2 aliphatic rings. The zero-order valence-corrected chi connectivity index (χ0v) is 22.5. The van der Waals surface area contributed by atoms with Crippen molar-refractivity contribution in [3.05, 3.63) is 63.7 Å². The molecule has 2 aliphatic carbocycles. The number of amides is 1. The minimum atomic E-state index is -0.406. The average molecular weight is 502 g/mol. The lowest BCUT2D eigenvalue weighted by molar-refractivity contribution is -0.142. The van der Waals surface area contributed by atoms with Crippen LogP contribution in [-0.2, 0) is 20.7 Å². The summed E-state index contributed by atoms with van der Waals surface area (Å²) in [6.07, 6.45) is 12.3.